The summed E-state index contributed by atoms with van der Waals surface area (Å²) in [4.78, 5) is 12.2. The number of benzene rings is 2. The van der Waals surface area contributed by atoms with E-state index >= 15 is 0 Å². The highest BCUT2D eigenvalue weighted by molar-refractivity contribution is 6.30. The maximum atomic E-state index is 12.2. The highest BCUT2D eigenvalue weighted by atomic mass is 35.5. The molecule has 0 radical (unpaired) electrons. The van der Waals surface area contributed by atoms with Crippen molar-refractivity contribution in [2.24, 2.45) is 0 Å². The van der Waals surface area contributed by atoms with Gasteiger partial charge in [0.05, 0.1) is 0 Å². The van der Waals surface area contributed by atoms with Gasteiger partial charge in [-0.1, -0.05) is 17.7 Å². The van der Waals surface area contributed by atoms with Gasteiger partial charge in [0.1, 0.15) is 5.75 Å². The summed E-state index contributed by atoms with van der Waals surface area (Å²) in [5.41, 5.74) is 4.01. The fourth-order valence-electron chi connectivity index (χ4n) is 2.05. The molecule has 3 nitrogen and oxygen atoms in total. The molecule has 22 heavy (non-hydrogen) atoms. The normalized spacial score (nSPS) is 11.9. The van der Waals surface area contributed by atoms with Gasteiger partial charge in [0.25, 0.3) is 5.91 Å². The van der Waals surface area contributed by atoms with Crippen molar-refractivity contribution in [1.29, 1.82) is 0 Å². The molecule has 0 aliphatic heterocycles. The van der Waals surface area contributed by atoms with Gasteiger partial charge >= 0.3 is 0 Å². The van der Waals surface area contributed by atoms with E-state index in [1.165, 1.54) is 5.56 Å². The molecule has 1 atom stereocenters. The molecule has 4 heteroatoms. The smallest absolute Gasteiger partial charge is 0.265 e. The Hall–Kier alpha value is -2.00. The van der Waals surface area contributed by atoms with Crippen LogP contribution >= 0.6 is 11.6 Å². The molecule has 0 saturated carbocycles. The maximum absolute atomic E-state index is 12.2. The first-order valence-electron chi connectivity index (χ1n) is 7.18. The molecule has 0 aliphatic rings. The van der Waals surface area contributed by atoms with Crippen LogP contribution in [0.1, 0.15) is 23.6 Å². The number of aryl methyl sites for hydroxylation is 3. The van der Waals surface area contributed by atoms with E-state index in [1.807, 2.05) is 45.0 Å². The summed E-state index contributed by atoms with van der Waals surface area (Å²) in [6.07, 6.45) is -0.596. The van der Waals surface area contributed by atoms with Gasteiger partial charge in [-0.05, 0) is 74.7 Å². The minimum absolute atomic E-state index is 0.183. The number of carbonyl (C=O) groups excluding carboxylic acids is 1. The third-order valence-corrected chi connectivity index (χ3v) is 3.82. The average molecular weight is 318 g/mol. The number of carbonyl (C=O) groups is 1. The largest absolute Gasteiger partial charge is 0.481 e. The Bertz CT molecular complexity index is 697. The fourth-order valence-corrected chi connectivity index (χ4v) is 2.28. The van der Waals surface area contributed by atoms with Gasteiger partial charge in [-0.3, -0.25) is 4.79 Å². The number of ether oxygens (including phenoxy) is 1. The van der Waals surface area contributed by atoms with Gasteiger partial charge in [-0.25, -0.2) is 0 Å². The number of anilines is 1. The number of halogens is 1. The molecule has 0 aromatic heterocycles. The first-order chi connectivity index (χ1) is 10.4. The van der Waals surface area contributed by atoms with Crippen molar-refractivity contribution >= 4 is 23.2 Å². The second-order valence-electron chi connectivity index (χ2n) is 5.46. The lowest BCUT2D eigenvalue weighted by Crippen LogP contribution is -2.30. The number of rotatable bonds is 4. The maximum Gasteiger partial charge on any atom is 0.265 e. The van der Waals surface area contributed by atoms with Crippen LogP contribution in [-0.2, 0) is 4.79 Å². The molecule has 0 spiro atoms. The number of hydrogen-bond acceptors (Lipinski definition) is 2. The average Bonchev–Trinajstić information content (AvgIpc) is 2.45. The van der Waals surface area contributed by atoms with Gasteiger partial charge < -0.3 is 10.1 Å². The van der Waals surface area contributed by atoms with E-state index in [0.29, 0.717) is 10.8 Å². The van der Waals surface area contributed by atoms with E-state index in [0.717, 1.165) is 16.8 Å². The van der Waals surface area contributed by atoms with Crippen LogP contribution < -0.4 is 10.1 Å². The summed E-state index contributed by atoms with van der Waals surface area (Å²) in [5.74, 6) is 0.477. The first kappa shape index (κ1) is 16.4. The van der Waals surface area contributed by atoms with Gasteiger partial charge in [0.15, 0.2) is 6.10 Å². The lowest BCUT2D eigenvalue weighted by molar-refractivity contribution is -0.122. The predicted octanol–water partition coefficient (Wildman–Crippen LogP) is 4.67. The Labute approximate surface area is 136 Å². The molecule has 0 saturated heterocycles. The van der Waals surface area contributed by atoms with Crippen molar-refractivity contribution in [3.8, 4) is 5.75 Å². The summed E-state index contributed by atoms with van der Waals surface area (Å²) >= 11 is 5.92. The summed E-state index contributed by atoms with van der Waals surface area (Å²) in [6, 6.07) is 11.2. The van der Waals surface area contributed by atoms with Crippen molar-refractivity contribution in [1.82, 2.24) is 0 Å². The van der Waals surface area contributed by atoms with E-state index in [-0.39, 0.29) is 5.91 Å². The summed E-state index contributed by atoms with van der Waals surface area (Å²) in [6.45, 7) is 7.68. The van der Waals surface area contributed by atoms with E-state index < -0.39 is 6.10 Å². The van der Waals surface area contributed by atoms with Crippen LogP contribution in [0.5, 0.6) is 5.75 Å². The van der Waals surface area contributed by atoms with E-state index in [2.05, 4.69) is 5.32 Å². The van der Waals surface area contributed by atoms with Gasteiger partial charge in [0.2, 0.25) is 0 Å². The third-order valence-electron chi connectivity index (χ3n) is 3.58. The molecule has 0 aliphatic carbocycles. The van der Waals surface area contributed by atoms with Crippen LogP contribution in [0.15, 0.2) is 36.4 Å². The standard InChI is InChI=1S/C18H20ClNO2/c1-11-5-7-16(10-12(11)2)20-18(21)14(4)22-17-8-6-15(19)9-13(17)3/h5-10,14H,1-4H3,(H,20,21). The number of nitrogens with one attached hydrogen (secondary N) is 1. The highest BCUT2D eigenvalue weighted by Gasteiger charge is 2.16. The second kappa shape index (κ2) is 6.84. The molecule has 1 amide bonds. The SMILES string of the molecule is Cc1ccc(NC(=O)C(C)Oc2ccc(Cl)cc2C)cc1C. The summed E-state index contributed by atoms with van der Waals surface area (Å²) < 4.78 is 5.72. The molecular weight excluding hydrogens is 298 g/mol. The van der Waals surface area contributed by atoms with Crippen LogP contribution in [0.2, 0.25) is 5.02 Å². The van der Waals surface area contributed by atoms with Crippen molar-refractivity contribution in [3.05, 3.63) is 58.1 Å². The Morgan fingerprint density at radius 3 is 2.41 bits per heavy atom. The van der Waals surface area contributed by atoms with Crippen LogP contribution in [0.3, 0.4) is 0 Å². The molecule has 116 valence electrons. The molecule has 0 heterocycles. The Kier molecular flexibility index (Phi) is 5.09. The molecule has 1 unspecified atom stereocenters. The Balaban J connectivity index is 2.04. The number of hydrogen-bond donors (Lipinski definition) is 1. The van der Waals surface area contributed by atoms with Crippen molar-refractivity contribution < 1.29 is 9.53 Å². The van der Waals surface area contributed by atoms with Crippen molar-refractivity contribution in [2.75, 3.05) is 5.32 Å². The molecule has 2 rings (SSSR count). The zero-order valence-corrected chi connectivity index (χ0v) is 14.0. The zero-order chi connectivity index (χ0) is 16.3. The van der Waals surface area contributed by atoms with Gasteiger partial charge in [0, 0.05) is 10.7 Å². The monoisotopic (exact) mass is 317 g/mol. The van der Waals surface area contributed by atoms with Crippen LogP contribution in [0.4, 0.5) is 5.69 Å². The predicted molar refractivity (Wildman–Crippen MR) is 90.8 cm³/mol. The molecular formula is C18H20ClNO2. The van der Waals surface area contributed by atoms with Crippen molar-refractivity contribution in [2.45, 2.75) is 33.8 Å². The molecule has 1 N–H and O–H groups in total. The second-order valence-corrected chi connectivity index (χ2v) is 5.89. The van der Waals surface area contributed by atoms with Crippen LogP contribution in [0.25, 0.3) is 0 Å². The van der Waals surface area contributed by atoms with Gasteiger partial charge in [-0.15, -0.1) is 0 Å². The first-order valence-corrected chi connectivity index (χ1v) is 7.55. The van der Waals surface area contributed by atoms with Gasteiger partial charge in [-0.2, -0.15) is 0 Å². The zero-order valence-electron chi connectivity index (χ0n) is 13.2. The highest BCUT2D eigenvalue weighted by Crippen LogP contribution is 2.23. The summed E-state index contributed by atoms with van der Waals surface area (Å²) in [7, 11) is 0. The Morgan fingerprint density at radius 2 is 1.77 bits per heavy atom. The van der Waals surface area contributed by atoms with Crippen LogP contribution in [-0.4, -0.2) is 12.0 Å². The van der Waals surface area contributed by atoms with E-state index in [9.17, 15) is 4.79 Å². The lowest BCUT2D eigenvalue weighted by Gasteiger charge is -2.16. The lowest BCUT2D eigenvalue weighted by atomic mass is 10.1. The minimum Gasteiger partial charge on any atom is -0.481 e. The fraction of sp³-hybridized carbons (Fsp3) is 0.278. The van der Waals surface area contributed by atoms with E-state index in [1.54, 1.807) is 19.1 Å². The number of amides is 1. The van der Waals surface area contributed by atoms with E-state index in [4.69, 9.17) is 16.3 Å². The minimum atomic E-state index is -0.596. The quantitative estimate of drug-likeness (QED) is 0.889. The molecule has 2 aromatic rings. The third kappa shape index (κ3) is 4.01. The molecule has 2 aromatic carbocycles. The molecule has 0 fully saturated rings. The van der Waals surface area contributed by atoms with Crippen LogP contribution in [0, 0.1) is 20.8 Å². The van der Waals surface area contributed by atoms with Crippen molar-refractivity contribution in [3.63, 3.8) is 0 Å². The molecule has 0 bridgehead atoms. The topological polar surface area (TPSA) is 38.3 Å². The Morgan fingerprint density at radius 1 is 1.05 bits per heavy atom. The summed E-state index contributed by atoms with van der Waals surface area (Å²) in [5, 5.41) is 3.52.